The number of carbonyl (C=O) groups is 1. The van der Waals surface area contributed by atoms with Crippen LogP contribution in [0, 0.1) is 0 Å². The molecule has 1 aliphatic rings. The molecular formula is C13H14ClF2NO2. The van der Waals surface area contributed by atoms with Crippen LogP contribution in [0.4, 0.5) is 8.78 Å². The summed E-state index contributed by atoms with van der Waals surface area (Å²) in [6.07, 6.45) is -2.57. The Morgan fingerprint density at radius 1 is 1.26 bits per heavy atom. The first-order valence-electron chi connectivity index (χ1n) is 5.98. The highest BCUT2D eigenvalue weighted by molar-refractivity contribution is 6.30. The van der Waals surface area contributed by atoms with Gasteiger partial charge in [0.15, 0.2) is 0 Å². The Morgan fingerprint density at radius 2 is 1.89 bits per heavy atom. The molecule has 0 aromatic heterocycles. The second-order valence-corrected chi connectivity index (χ2v) is 4.71. The molecule has 1 aromatic carbocycles. The van der Waals surface area contributed by atoms with Crippen LogP contribution < -0.4 is 0 Å². The average molecular weight is 290 g/mol. The number of morpholine rings is 1. The molecule has 0 bridgehead atoms. The minimum absolute atomic E-state index is 0.127. The van der Waals surface area contributed by atoms with Crippen molar-refractivity contribution in [1.82, 2.24) is 4.90 Å². The van der Waals surface area contributed by atoms with Gasteiger partial charge >= 0.3 is 0 Å². The zero-order chi connectivity index (χ0) is 13.8. The zero-order valence-corrected chi connectivity index (χ0v) is 10.9. The smallest absolute Gasteiger partial charge is 0.263 e. The van der Waals surface area contributed by atoms with Crippen molar-refractivity contribution in [3.05, 3.63) is 35.4 Å². The van der Waals surface area contributed by atoms with Crippen molar-refractivity contribution in [2.75, 3.05) is 26.3 Å². The number of rotatable bonds is 3. The third-order valence-corrected chi connectivity index (χ3v) is 3.43. The molecule has 0 aliphatic carbocycles. The maximum absolute atomic E-state index is 12.6. The van der Waals surface area contributed by atoms with E-state index in [-0.39, 0.29) is 11.5 Å². The number of ether oxygens (including phenoxy) is 1. The van der Waals surface area contributed by atoms with Crippen LogP contribution in [-0.2, 0) is 9.53 Å². The highest BCUT2D eigenvalue weighted by Gasteiger charge is 2.25. The number of hydrogen-bond acceptors (Lipinski definition) is 2. The first kappa shape index (κ1) is 14.2. The van der Waals surface area contributed by atoms with E-state index in [2.05, 4.69) is 0 Å². The van der Waals surface area contributed by atoms with E-state index in [1.54, 1.807) is 11.0 Å². The van der Waals surface area contributed by atoms with Gasteiger partial charge in [-0.1, -0.05) is 18.2 Å². The van der Waals surface area contributed by atoms with Gasteiger partial charge < -0.3 is 9.64 Å². The molecule has 1 heterocycles. The van der Waals surface area contributed by atoms with Gasteiger partial charge in [0.05, 0.1) is 13.2 Å². The standard InChI is InChI=1S/C13H14ClF2NO2/c14-11(13(18)17-4-6-19-7-5-17)9-2-1-3-10(8-9)12(15)16/h1-3,8,11-12H,4-7H2. The molecular weight excluding hydrogens is 276 g/mol. The predicted molar refractivity (Wildman–Crippen MR) is 67.4 cm³/mol. The number of hydrogen-bond donors (Lipinski definition) is 0. The van der Waals surface area contributed by atoms with E-state index < -0.39 is 11.8 Å². The molecule has 0 radical (unpaired) electrons. The molecule has 0 saturated carbocycles. The number of amides is 1. The van der Waals surface area contributed by atoms with Gasteiger partial charge in [0.2, 0.25) is 5.91 Å². The maximum atomic E-state index is 12.6. The average Bonchev–Trinajstić information content (AvgIpc) is 2.46. The van der Waals surface area contributed by atoms with E-state index in [1.807, 2.05) is 0 Å². The number of nitrogens with zero attached hydrogens (tertiary/aromatic N) is 1. The molecule has 6 heteroatoms. The SMILES string of the molecule is O=C(C(Cl)c1cccc(C(F)F)c1)N1CCOCC1. The van der Waals surface area contributed by atoms with Crippen LogP contribution in [-0.4, -0.2) is 37.1 Å². The first-order chi connectivity index (χ1) is 9.09. The summed E-state index contributed by atoms with van der Waals surface area (Å²) >= 11 is 6.09. The van der Waals surface area contributed by atoms with Crippen molar-refractivity contribution in [3.63, 3.8) is 0 Å². The Kier molecular flexibility index (Phi) is 4.71. The molecule has 104 valence electrons. The normalized spacial score (nSPS) is 17.6. The van der Waals surface area contributed by atoms with Crippen molar-refractivity contribution in [2.45, 2.75) is 11.8 Å². The minimum atomic E-state index is -2.57. The molecule has 0 spiro atoms. The van der Waals surface area contributed by atoms with Gasteiger partial charge in [-0.25, -0.2) is 8.78 Å². The molecule has 1 aromatic rings. The lowest BCUT2D eigenvalue weighted by molar-refractivity contribution is -0.134. The van der Waals surface area contributed by atoms with Crippen LogP contribution >= 0.6 is 11.6 Å². The van der Waals surface area contributed by atoms with Crippen molar-refractivity contribution < 1.29 is 18.3 Å². The fourth-order valence-corrected chi connectivity index (χ4v) is 2.21. The fraction of sp³-hybridized carbons (Fsp3) is 0.462. The molecule has 1 aliphatic heterocycles. The molecule has 0 N–H and O–H groups in total. The van der Waals surface area contributed by atoms with Crippen molar-refractivity contribution in [2.24, 2.45) is 0 Å². The monoisotopic (exact) mass is 289 g/mol. The Bertz CT molecular complexity index is 450. The van der Waals surface area contributed by atoms with E-state index >= 15 is 0 Å². The lowest BCUT2D eigenvalue weighted by atomic mass is 10.1. The molecule has 1 unspecified atom stereocenters. The second kappa shape index (κ2) is 6.30. The summed E-state index contributed by atoms with van der Waals surface area (Å²) in [5.41, 5.74) is 0.272. The Labute approximate surface area is 115 Å². The zero-order valence-electron chi connectivity index (χ0n) is 10.2. The lowest BCUT2D eigenvalue weighted by Crippen LogP contribution is -2.42. The second-order valence-electron chi connectivity index (χ2n) is 4.27. The van der Waals surface area contributed by atoms with Gasteiger partial charge in [0.25, 0.3) is 6.43 Å². The number of benzene rings is 1. The van der Waals surface area contributed by atoms with Crippen LogP contribution in [0.3, 0.4) is 0 Å². The maximum Gasteiger partial charge on any atom is 0.263 e. The van der Waals surface area contributed by atoms with E-state index in [0.29, 0.717) is 31.9 Å². The quantitative estimate of drug-likeness (QED) is 0.801. The van der Waals surface area contributed by atoms with Crippen molar-refractivity contribution in [3.8, 4) is 0 Å². The molecule has 19 heavy (non-hydrogen) atoms. The van der Waals surface area contributed by atoms with Crippen LogP contribution in [0.1, 0.15) is 22.9 Å². The summed E-state index contributed by atoms with van der Waals surface area (Å²) < 4.78 is 30.4. The lowest BCUT2D eigenvalue weighted by Gasteiger charge is -2.28. The Hall–Kier alpha value is -1.20. The molecule has 2 rings (SSSR count). The molecule has 1 atom stereocenters. The summed E-state index contributed by atoms with van der Waals surface area (Å²) in [5, 5.41) is -0.934. The predicted octanol–water partition coefficient (Wildman–Crippen LogP) is 2.76. The van der Waals surface area contributed by atoms with Crippen molar-refractivity contribution >= 4 is 17.5 Å². The van der Waals surface area contributed by atoms with Crippen LogP contribution in [0.5, 0.6) is 0 Å². The van der Waals surface area contributed by atoms with Crippen LogP contribution in [0.15, 0.2) is 24.3 Å². The first-order valence-corrected chi connectivity index (χ1v) is 6.42. The van der Waals surface area contributed by atoms with E-state index in [9.17, 15) is 13.6 Å². The van der Waals surface area contributed by atoms with Gasteiger partial charge in [-0.3, -0.25) is 4.79 Å². The van der Waals surface area contributed by atoms with E-state index in [4.69, 9.17) is 16.3 Å². The third kappa shape index (κ3) is 3.42. The van der Waals surface area contributed by atoms with E-state index in [0.717, 1.165) is 0 Å². The summed E-state index contributed by atoms with van der Waals surface area (Å²) in [5.74, 6) is -0.267. The molecule has 3 nitrogen and oxygen atoms in total. The summed E-state index contributed by atoms with van der Waals surface area (Å²) in [7, 11) is 0. The number of carbonyl (C=O) groups excluding carboxylic acids is 1. The summed E-state index contributed by atoms with van der Waals surface area (Å²) in [6.45, 7) is 1.92. The highest BCUT2D eigenvalue weighted by Crippen LogP contribution is 2.27. The minimum Gasteiger partial charge on any atom is -0.378 e. The highest BCUT2D eigenvalue weighted by atomic mass is 35.5. The van der Waals surface area contributed by atoms with Crippen LogP contribution in [0.2, 0.25) is 0 Å². The Balaban J connectivity index is 2.11. The van der Waals surface area contributed by atoms with E-state index in [1.165, 1.54) is 18.2 Å². The third-order valence-electron chi connectivity index (χ3n) is 2.99. The Morgan fingerprint density at radius 3 is 2.53 bits per heavy atom. The largest absolute Gasteiger partial charge is 0.378 e. The van der Waals surface area contributed by atoms with Gasteiger partial charge in [-0.05, 0) is 11.6 Å². The molecule has 1 amide bonds. The van der Waals surface area contributed by atoms with Gasteiger partial charge in [0.1, 0.15) is 5.38 Å². The fourth-order valence-electron chi connectivity index (χ4n) is 1.94. The number of alkyl halides is 3. The van der Waals surface area contributed by atoms with Gasteiger partial charge in [-0.15, -0.1) is 11.6 Å². The topological polar surface area (TPSA) is 29.5 Å². The summed E-state index contributed by atoms with van der Waals surface area (Å²) in [6, 6.07) is 5.67. The molecule has 1 saturated heterocycles. The van der Waals surface area contributed by atoms with Crippen LogP contribution in [0.25, 0.3) is 0 Å². The number of halogens is 3. The molecule has 1 fully saturated rings. The van der Waals surface area contributed by atoms with Gasteiger partial charge in [-0.2, -0.15) is 0 Å². The van der Waals surface area contributed by atoms with Gasteiger partial charge in [0, 0.05) is 18.7 Å². The summed E-state index contributed by atoms with van der Waals surface area (Å²) in [4.78, 5) is 13.7. The van der Waals surface area contributed by atoms with Crippen molar-refractivity contribution in [1.29, 1.82) is 0 Å².